The number of rotatable bonds is 5. The molecule has 2 rings (SSSR count). The molecule has 2 N–H and O–H groups in total. The summed E-state index contributed by atoms with van der Waals surface area (Å²) in [6, 6.07) is 3.04. The number of ether oxygens (including phenoxy) is 1. The Morgan fingerprint density at radius 2 is 2.00 bits per heavy atom. The van der Waals surface area contributed by atoms with Crippen LogP contribution in [0.1, 0.15) is 12.8 Å². The van der Waals surface area contributed by atoms with Crippen LogP contribution in [-0.2, 0) is 4.79 Å². The highest BCUT2D eigenvalue weighted by atomic mass is 35.5. The second-order valence-electron chi connectivity index (χ2n) is 4.49. The van der Waals surface area contributed by atoms with E-state index in [1.165, 1.54) is 0 Å². The van der Waals surface area contributed by atoms with Gasteiger partial charge in [-0.15, -0.1) is 12.4 Å². The van der Waals surface area contributed by atoms with Crippen LogP contribution in [-0.4, -0.2) is 31.6 Å². The van der Waals surface area contributed by atoms with Crippen LogP contribution in [0.25, 0.3) is 0 Å². The maximum atomic E-state index is 11.7. The molecule has 1 aromatic rings. The molecular weight excluding hydrogens is 358 g/mol. The number of hydrogen-bond donors (Lipinski definition) is 2. The van der Waals surface area contributed by atoms with Gasteiger partial charge in [0.2, 0.25) is 5.91 Å². The molecule has 1 fully saturated rings. The van der Waals surface area contributed by atoms with Crippen molar-refractivity contribution in [2.75, 3.05) is 19.7 Å². The van der Waals surface area contributed by atoms with Crippen molar-refractivity contribution in [2.45, 2.75) is 18.9 Å². The Bertz CT molecular complexity index is 470. The van der Waals surface area contributed by atoms with Crippen molar-refractivity contribution >= 4 is 53.1 Å². The summed E-state index contributed by atoms with van der Waals surface area (Å²) in [7, 11) is 0. The first-order valence-corrected chi connectivity index (χ1v) is 7.50. The molecule has 1 aliphatic rings. The van der Waals surface area contributed by atoms with Gasteiger partial charge in [0.05, 0.1) is 22.6 Å². The van der Waals surface area contributed by atoms with Crippen LogP contribution in [0.2, 0.25) is 15.1 Å². The summed E-state index contributed by atoms with van der Waals surface area (Å²) < 4.78 is 5.48. The highest BCUT2D eigenvalue weighted by Crippen LogP contribution is 2.35. The Morgan fingerprint density at radius 3 is 2.57 bits per heavy atom. The van der Waals surface area contributed by atoms with Gasteiger partial charge in [0.1, 0.15) is 6.61 Å². The van der Waals surface area contributed by atoms with Crippen molar-refractivity contribution in [1.29, 1.82) is 0 Å². The van der Waals surface area contributed by atoms with E-state index in [0.717, 1.165) is 19.4 Å². The monoisotopic (exact) mass is 372 g/mol. The van der Waals surface area contributed by atoms with Gasteiger partial charge in [-0.2, -0.15) is 0 Å². The minimum atomic E-state index is -0.0855. The Hall–Kier alpha value is -0.390. The van der Waals surface area contributed by atoms with E-state index in [0.29, 0.717) is 34.0 Å². The van der Waals surface area contributed by atoms with E-state index in [1.54, 1.807) is 12.1 Å². The summed E-state index contributed by atoms with van der Waals surface area (Å²) >= 11 is 17.8. The fourth-order valence-corrected chi connectivity index (χ4v) is 2.95. The van der Waals surface area contributed by atoms with Crippen molar-refractivity contribution in [3.05, 3.63) is 27.2 Å². The minimum Gasteiger partial charge on any atom is -0.489 e. The van der Waals surface area contributed by atoms with Gasteiger partial charge in [-0.3, -0.25) is 4.79 Å². The molecule has 0 bridgehead atoms. The summed E-state index contributed by atoms with van der Waals surface area (Å²) in [5.41, 5.74) is 0. The van der Waals surface area contributed by atoms with Gasteiger partial charge in [-0.1, -0.05) is 34.8 Å². The maximum absolute atomic E-state index is 11.7. The van der Waals surface area contributed by atoms with E-state index in [4.69, 9.17) is 39.5 Å². The predicted octanol–water partition coefficient (Wildman–Crippen LogP) is 3.32. The van der Waals surface area contributed by atoms with Gasteiger partial charge in [-0.25, -0.2) is 0 Å². The Morgan fingerprint density at radius 1 is 1.33 bits per heavy atom. The first-order chi connectivity index (χ1) is 9.58. The van der Waals surface area contributed by atoms with Crippen molar-refractivity contribution in [3.8, 4) is 5.75 Å². The molecule has 118 valence electrons. The summed E-state index contributed by atoms with van der Waals surface area (Å²) in [5, 5.41) is 7.09. The number of nitrogens with one attached hydrogen (secondary N) is 2. The van der Waals surface area contributed by atoms with Crippen LogP contribution in [0, 0.1) is 0 Å². The van der Waals surface area contributed by atoms with Crippen LogP contribution in [0.4, 0.5) is 0 Å². The smallest absolute Gasteiger partial charge is 0.237 e. The molecule has 1 amide bonds. The number of halogens is 4. The number of carbonyl (C=O) groups is 1. The van der Waals surface area contributed by atoms with E-state index in [2.05, 4.69) is 10.6 Å². The topological polar surface area (TPSA) is 50.4 Å². The highest BCUT2D eigenvalue weighted by molar-refractivity contribution is 6.40. The molecule has 1 aromatic carbocycles. The molecule has 1 atom stereocenters. The minimum absolute atomic E-state index is 0. The first-order valence-electron chi connectivity index (χ1n) is 6.36. The molecule has 0 aromatic heterocycles. The van der Waals surface area contributed by atoms with Crippen LogP contribution in [0.15, 0.2) is 12.1 Å². The molecule has 1 unspecified atom stereocenters. The highest BCUT2D eigenvalue weighted by Gasteiger charge is 2.21. The molecule has 0 radical (unpaired) electrons. The van der Waals surface area contributed by atoms with E-state index in [9.17, 15) is 4.79 Å². The van der Waals surface area contributed by atoms with Gasteiger partial charge in [-0.05, 0) is 31.5 Å². The largest absolute Gasteiger partial charge is 0.489 e. The van der Waals surface area contributed by atoms with E-state index in [-0.39, 0.29) is 24.4 Å². The SMILES string of the molecule is Cl.O=C(NCCOc1c(Cl)cc(Cl)cc1Cl)C1CCCN1. The van der Waals surface area contributed by atoms with Gasteiger partial charge in [0, 0.05) is 5.02 Å². The summed E-state index contributed by atoms with van der Waals surface area (Å²) in [6.07, 6.45) is 1.91. The average Bonchev–Trinajstić information content (AvgIpc) is 2.90. The molecule has 21 heavy (non-hydrogen) atoms. The van der Waals surface area contributed by atoms with Crippen molar-refractivity contribution in [1.82, 2.24) is 10.6 Å². The zero-order valence-corrected chi connectivity index (χ0v) is 14.2. The lowest BCUT2D eigenvalue weighted by Gasteiger charge is -2.13. The van der Waals surface area contributed by atoms with Crippen LogP contribution < -0.4 is 15.4 Å². The van der Waals surface area contributed by atoms with Crippen molar-refractivity contribution in [2.24, 2.45) is 0 Å². The standard InChI is InChI=1S/C13H15Cl3N2O2.ClH/c14-8-6-9(15)12(10(16)7-8)20-5-4-18-13(19)11-2-1-3-17-11;/h6-7,11,17H,1-5H2,(H,18,19);1H. The molecule has 1 saturated heterocycles. The number of carbonyl (C=O) groups excluding carboxylic acids is 1. The molecule has 4 nitrogen and oxygen atoms in total. The Balaban J connectivity index is 0.00000220. The van der Waals surface area contributed by atoms with E-state index >= 15 is 0 Å². The Kier molecular flexibility index (Phi) is 7.92. The number of benzene rings is 1. The fraction of sp³-hybridized carbons (Fsp3) is 0.462. The van der Waals surface area contributed by atoms with Crippen molar-refractivity contribution in [3.63, 3.8) is 0 Å². The lowest BCUT2D eigenvalue weighted by Crippen LogP contribution is -2.41. The quantitative estimate of drug-likeness (QED) is 0.778. The van der Waals surface area contributed by atoms with Gasteiger partial charge >= 0.3 is 0 Å². The summed E-state index contributed by atoms with van der Waals surface area (Å²) in [4.78, 5) is 11.7. The van der Waals surface area contributed by atoms with Crippen LogP contribution in [0.5, 0.6) is 5.75 Å². The molecule has 1 aliphatic heterocycles. The Labute approximate surface area is 144 Å². The summed E-state index contributed by atoms with van der Waals surface area (Å²) in [6.45, 7) is 1.58. The number of amides is 1. The molecule has 8 heteroatoms. The summed E-state index contributed by atoms with van der Waals surface area (Å²) in [5.74, 6) is 0.380. The second kappa shape index (κ2) is 8.91. The lowest BCUT2D eigenvalue weighted by atomic mass is 10.2. The zero-order chi connectivity index (χ0) is 14.5. The normalized spacial score (nSPS) is 17.2. The zero-order valence-electron chi connectivity index (χ0n) is 11.1. The predicted molar refractivity (Wildman–Crippen MR) is 88.2 cm³/mol. The fourth-order valence-electron chi connectivity index (χ4n) is 2.03. The van der Waals surface area contributed by atoms with E-state index < -0.39 is 0 Å². The van der Waals surface area contributed by atoms with Crippen LogP contribution in [0.3, 0.4) is 0 Å². The second-order valence-corrected chi connectivity index (χ2v) is 5.74. The third kappa shape index (κ3) is 5.38. The average molecular weight is 374 g/mol. The molecular formula is C13H16Cl4N2O2. The molecule has 1 heterocycles. The lowest BCUT2D eigenvalue weighted by molar-refractivity contribution is -0.122. The van der Waals surface area contributed by atoms with Crippen LogP contribution >= 0.6 is 47.2 Å². The van der Waals surface area contributed by atoms with E-state index in [1.807, 2.05) is 0 Å². The first kappa shape index (κ1) is 18.7. The molecule has 0 spiro atoms. The molecule has 0 aliphatic carbocycles. The molecule has 0 saturated carbocycles. The van der Waals surface area contributed by atoms with Crippen molar-refractivity contribution < 1.29 is 9.53 Å². The van der Waals surface area contributed by atoms with Gasteiger partial charge in [0.25, 0.3) is 0 Å². The van der Waals surface area contributed by atoms with Gasteiger partial charge < -0.3 is 15.4 Å². The maximum Gasteiger partial charge on any atom is 0.237 e. The number of hydrogen-bond acceptors (Lipinski definition) is 3. The van der Waals surface area contributed by atoms with Gasteiger partial charge in [0.15, 0.2) is 5.75 Å². The third-order valence-corrected chi connectivity index (χ3v) is 3.77. The third-order valence-electron chi connectivity index (χ3n) is 2.99.